The molecular weight excluding hydrogens is 250 g/mol. The topological polar surface area (TPSA) is 49.8 Å². The highest BCUT2D eigenvalue weighted by molar-refractivity contribution is 5.98. The van der Waals surface area contributed by atoms with Crippen LogP contribution in [0, 0.1) is 6.92 Å². The molecule has 0 radical (unpaired) electrons. The number of carbonyl (C=O) groups excluding carboxylic acids is 1. The second kappa shape index (κ2) is 4.89. The van der Waals surface area contributed by atoms with Gasteiger partial charge in [-0.1, -0.05) is 11.6 Å². The van der Waals surface area contributed by atoms with Crippen LogP contribution in [0.5, 0.6) is 0 Å². The molecule has 1 aromatic carbocycles. The molecule has 0 saturated carbocycles. The summed E-state index contributed by atoms with van der Waals surface area (Å²) < 4.78 is 1.99. The molecule has 0 spiro atoms. The van der Waals surface area contributed by atoms with E-state index >= 15 is 0 Å². The molecule has 0 bridgehead atoms. The Hall–Kier alpha value is -2.49. The molecule has 4 heteroatoms. The van der Waals surface area contributed by atoms with E-state index < -0.39 is 0 Å². The molecule has 4 nitrogen and oxygen atoms in total. The minimum absolute atomic E-state index is 0.0833. The minimum Gasteiger partial charge on any atom is -0.353 e. The van der Waals surface area contributed by atoms with Crippen LogP contribution in [0.1, 0.15) is 21.7 Å². The maximum Gasteiger partial charge on any atom is 0.268 e. The molecule has 0 fully saturated rings. The van der Waals surface area contributed by atoms with Crippen LogP contribution in [0.2, 0.25) is 0 Å². The van der Waals surface area contributed by atoms with Crippen molar-refractivity contribution in [2.45, 2.75) is 13.5 Å². The second-order valence-corrected chi connectivity index (χ2v) is 5.07. The van der Waals surface area contributed by atoms with Crippen molar-refractivity contribution in [3.8, 4) is 0 Å². The lowest BCUT2D eigenvalue weighted by Gasteiger charge is -2.05. The van der Waals surface area contributed by atoms with Gasteiger partial charge in [0.2, 0.25) is 0 Å². The predicted octanol–water partition coefficient (Wildman–Crippen LogP) is 2.74. The summed E-state index contributed by atoms with van der Waals surface area (Å²) in [6.45, 7) is 2.57. The summed E-state index contributed by atoms with van der Waals surface area (Å²) in [5.74, 6) is -0.0833. The van der Waals surface area contributed by atoms with Crippen LogP contribution >= 0.6 is 0 Å². The lowest BCUT2D eigenvalue weighted by molar-refractivity contribution is 0.0946. The van der Waals surface area contributed by atoms with Gasteiger partial charge in [-0.05, 0) is 37.3 Å². The summed E-state index contributed by atoms with van der Waals surface area (Å²) in [4.78, 5) is 15.3. The van der Waals surface area contributed by atoms with E-state index in [-0.39, 0.29) is 5.91 Å². The van der Waals surface area contributed by atoms with E-state index in [0.717, 1.165) is 16.6 Å². The van der Waals surface area contributed by atoms with Gasteiger partial charge in [-0.2, -0.15) is 0 Å². The Morgan fingerprint density at radius 3 is 2.90 bits per heavy atom. The first-order valence-corrected chi connectivity index (χ1v) is 6.61. The maximum absolute atomic E-state index is 12.2. The summed E-state index contributed by atoms with van der Waals surface area (Å²) in [6.07, 6.45) is 1.97. The van der Waals surface area contributed by atoms with Crippen LogP contribution in [0.15, 0.2) is 42.6 Å². The van der Waals surface area contributed by atoms with Gasteiger partial charge in [0, 0.05) is 29.8 Å². The summed E-state index contributed by atoms with van der Waals surface area (Å²) in [5.41, 5.74) is 3.84. The summed E-state index contributed by atoms with van der Waals surface area (Å²) in [6, 6.07) is 12.0. The zero-order chi connectivity index (χ0) is 14.1. The van der Waals surface area contributed by atoms with Gasteiger partial charge in [0.05, 0.1) is 6.54 Å². The van der Waals surface area contributed by atoms with Crippen molar-refractivity contribution in [2.24, 2.45) is 7.05 Å². The molecule has 1 amide bonds. The number of nitrogens with zero attached hydrogens (tertiary/aromatic N) is 1. The number of aromatic amines is 1. The molecule has 102 valence electrons. The molecule has 0 aliphatic carbocycles. The van der Waals surface area contributed by atoms with Crippen LogP contribution in [0.3, 0.4) is 0 Å². The number of H-pyrrole nitrogens is 1. The van der Waals surface area contributed by atoms with Gasteiger partial charge in [-0.15, -0.1) is 0 Å². The Bertz CT molecular complexity index is 767. The van der Waals surface area contributed by atoms with Crippen molar-refractivity contribution in [3.05, 3.63) is 59.5 Å². The molecular formula is C16H17N3O. The SMILES string of the molecule is Cc1ccc2[nH]c(C(=O)NCc3cccn3C)cc2c1. The van der Waals surface area contributed by atoms with Gasteiger partial charge >= 0.3 is 0 Å². The molecule has 3 aromatic rings. The molecule has 20 heavy (non-hydrogen) atoms. The quantitative estimate of drug-likeness (QED) is 0.753. The summed E-state index contributed by atoms with van der Waals surface area (Å²) in [5, 5.41) is 3.99. The monoisotopic (exact) mass is 267 g/mol. The van der Waals surface area contributed by atoms with E-state index in [2.05, 4.69) is 16.4 Å². The summed E-state index contributed by atoms with van der Waals surface area (Å²) >= 11 is 0. The molecule has 0 unspecified atom stereocenters. The number of hydrogen-bond acceptors (Lipinski definition) is 1. The third-order valence-corrected chi connectivity index (χ3v) is 3.50. The standard InChI is InChI=1S/C16H17N3O/c1-11-5-6-14-12(8-11)9-15(18-14)16(20)17-10-13-4-3-7-19(13)2/h3-9,18H,10H2,1-2H3,(H,17,20). The highest BCUT2D eigenvalue weighted by Crippen LogP contribution is 2.17. The number of benzene rings is 1. The average Bonchev–Trinajstić information content (AvgIpc) is 3.01. The van der Waals surface area contributed by atoms with E-state index in [9.17, 15) is 4.79 Å². The number of carbonyl (C=O) groups is 1. The van der Waals surface area contributed by atoms with Crippen molar-refractivity contribution in [3.63, 3.8) is 0 Å². The van der Waals surface area contributed by atoms with E-state index in [1.807, 2.05) is 55.1 Å². The first-order chi connectivity index (χ1) is 9.63. The van der Waals surface area contributed by atoms with Crippen LogP contribution in [-0.4, -0.2) is 15.5 Å². The van der Waals surface area contributed by atoms with Gasteiger partial charge in [0.25, 0.3) is 5.91 Å². The Morgan fingerprint density at radius 1 is 1.30 bits per heavy atom. The van der Waals surface area contributed by atoms with Crippen molar-refractivity contribution < 1.29 is 4.79 Å². The number of amides is 1. The van der Waals surface area contributed by atoms with Crippen molar-refractivity contribution in [1.29, 1.82) is 0 Å². The zero-order valence-electron chi connectivity index (χ0n) is 11.6. The number of hydrogen-bond donors (Lipinski definition) is 2. The Balaban J connectivity index is 1.77. The molecule has 0 aliphatic rings. The van der Waals surface area contributed by atoms with Gasteiger partial charge < -0.3 is 14.9 Å². The van der Waals surface area contributed by atoms with Gasteiger partial charge in [-0.25, -0.2) is 0 Å². The predicted molar refractivity (Wildman–Crippen MR) is 79.6 cm³/mol. The average molecular weight is 267 g/mol. The molecule has 0 atom stereocenters. The Kier molecular flexibility index (Phi) is 3.06. The normalized spacial score (nSPS) is 10.9. The summed E-state index contributed by atoms with van der Waals surface area (Å²) in [7, 11) is 1.97. The highest BCUT2D eigenvalue weighted by Gasteiger charge is 2.09. The lowest BCUT2D eigenvalue weighted by Crippen LogP contribution is -2.24. The first kappa shape index (κ1) is 12.5. The maximum atomic E-state index is 12.2. The zero-order valence-corrected chi connectivity index (χ0v) is 11.6. The van der Waals surface area contributed by atoms with Gasteiger partial charge in [0.15, 0.2) is 0 Å². The fourth-order valence-electron chi connectivity index (χ4n) is 2.32. The number of aromatic nitrogens is 2. The van der Waals surface area contributed by atoms with Crippen molar-refractivity contribution >= 4 is 16.8 Å². The van der Waals surface area contributed by atoms with Crippen LogP contribution in [0.4, 0.5) is 0 Å². The number of nitrogens with one attached hydrogen (secondary N) is 2. The Morgan fingerprint density at radius 2 is 2.15 bits per heavy atom. The van der Waals surface area contributed by atoms with Gasteiger partial charge in [0.1, 0.15) is 5.69 Å². The van der Waals surface area contributed by atoms with E-state index in [1.165, 1.54) is 5.56 Å². The third-order valence-electron chi connectivity index (χ3n) is 3.50. The smallest absolute Gasteiger partial charge is 0.268 e. The van der Waals surface area contributed by atoms with E-state index in [4.69, 9.17) is 0 Å². The van der Waals surface area contributed by atoms with E-state index in [0.29, 0.717) is 12.2 Å². The highest BCUT2D eigenvalue weighted by atomic mass is 16.1. The van der Waals surface area contributed by atoms with Crippen LogP contribution in [-0.2, 0) is 13.6 Å². The number of aryl methyl sites for hydroxylation is 2. The fourth-order valence-corrected chi connectivity index (χ4v) is 2.32. The van der Waals surface area contributed by atoms with Crippen LogP contribution < -0.4 is 5.32 Å². The number of rotatable bonds is 3. The first-order valence-electron chi connectivity index (χ1n) is 6.61. The minimum atomic E-state index is -0.0833. The molecule has 0 aliphatic heterocycles. The van der Waals surface area contributed by atoms with E-state index in [1.54, 1.807) is 0 Å². The molecule has 0 saturated heterocycles. The molecule has 2 heterocycles. The molecule has 3 rings (SSSR count). The van der Waals surface area contributed by atoms with Crippen LogP contribution in [0.25, 0.3) is 10.9 Å². The fraction of sp³-hybridized carbons (Fsp3) is 0.188. The third kappa shape index (κ3) is 2.32. The molecule has 2 aromatic heterocycles. The van der Waals surface area contributed by atoms with Gasteiger partial charge in [-0.3, -0.25) is 4.79 Å². The second-order valence-electron chi connectivity index (χ2n) is 5.07. The van der Waals surface area contributed by atoms with Crippen molar-refractivity contribution in [1.82, 2.24) is 14.9 Å². The lowest BCUT2D eigenvalue weighted by atomic mass is 10.2. The number of fused-ring (bicyclic) bond motifs is 1. The molecule has 2 N–H and O–H groups in total. The largest absolute Gasteiger partial charge is 0.353 e. The van der Waals surface area contributed by atoms with Crippen molar-refractivity contribution in [2.75, 3.05) is 0 Å². The Labute approximate surface area is 117 Å².